The van der Waals surface area contributed by atoms with E-state index >= 15 is 0 Å². The first-order chi connectivity index (χ1) is 54.0. The number of thiocarbonyl (C=S) groups is 1. The molecule has 5 atom stereocenters. The first kappa shape index (κ1) is 80.7. The number of carboxylic acids is 1. The molecule has 0 bridgehead atoms. The Morgan fingerprint density at radius 3 is 1.74 bits per heavy atom. The number of thiophene rings is 2. The number of halogens is 2. The standard InChI is InChI=1S/C41H31ClN6O6S2.C41H55ClN6O6S2/c1-19-20(2)56-39-35(19)37(22-4-6-23(42)7-5-22)45-32(38-47-46-21(3)48(38)39)15-27(51)18-43-41(55)44-24-8-11-28(31(14-24)40(52)53)36-29-12-9-25(49)16-33(29)54-34-17-26(50)10-13-30(34)36;1-26-27(2)56-40-36(26)37(29-14-16-30(42)17-15-29)43-33(39-47-46-28(3)48(39)40)24-32(50)12-7-9-19-53-21-23-54-22-20-52-18-8-6-11-31(49)10-4-5-13-35-38-34(25-55-35)44-41(51)45-38/h4-14,16-17,32,49H,15,18H2,1-3H3,(H,52,53)(H2,43,44,55);14-17,33-35,38H,4-13,18-25H2,1-3H3,(H2,44,45,51)/t32-;33-,34+,35+,38+/m10/s1. The fraction of sp³-hybridized carbons (Fsp3) is 0.378. The van der Waals surface area contributed by atoms with Gasteiger partial charge in [-0.15, -0.1) is 43.1 Å². The van der Waals surface area contributed by atoms with Crippen molar-refractivity contribution in [1.29, 1.82) is 0 Å². The fourth-order valence-electron chi connectivity index (χ4n) is 14.4. The topological polar surface area (TPSA) is 318 Å². The zero-order valence-corrected chi connectivity index (χ0v) is 67.6. The molecule has 0 spiro atoms. The van der Waals surface area contributed by atoms with Crippen LogP contribution in [0.1, 0.15) is 166 Å². The van der Waals surface area contributed by atoms with Gasteiger partial charge in [0.25, 0.3) is 0 Å². The number of aryl methyl sites for hydroxylation is 4. The molecule has 8 aromatic rings. The van der Waals surface area contributed by atoms with Crippen molar-refractivity contribution in [3.8, 4) is 38.2 Å². The summed E-state index contributed by atoms with van der Waals surface area (Å²) >= 11 is 23.2. The van der Waals surface area contributed by atoms with Crippen LogP contribution in [0.5, 0.6) is 5.75 Å². The van der Waals surface area contributed by atoms with Crippen LogP contribution in [0.2, 0.25) is 10.0 Å². The number of carbonyl (C=O) groups is 5. The minimum atomic E-state index is -1.20. The number of benzene rings is 5. The Morgan fingerprint density at radius 2 is 1.16 bits per heavy atom. The number of hydrogen-bond acceptors (Lipinski definition) is 21. The van der Waals surface area contributed by atoms with Crippen molar-refractivity contribution < 1.29 is 52.8 Å². The first-order valence-corrected chi connectivity index (χ1v) is 41.2. The number of ether oxygens (including phenoxy) is 3. The van der Waals surface area contributed by atoms with E-state index in [1.165, 1.54) is 35.2 Å². The van der Waals surface area contributed by atoms with Gasteiger partial charge in [-0.3, -0.25) is 38.3 Å². The van der Waals surface area contributed by atoms with Gasteiger partial charge in [0.15, 0.2) is 28.0 Å². The summed E-state index contributed by atoms with van der Waals surface area (Å²) in [7, 11) is 0. The van der Waals surface area contributed by atoms with Crippen molar-refractivity contribution in [3.05, 3.63) is 195 Å². The summed E-state index contributed by atoms with van der Waals surface area (Å²) in [5.74, 6) is 2.94. The van der Waals surface area contributed by atoms with E-state index in [1.807, 2.05) is 78.7 Å². The van der Waals surface area contributed by atoms with E-state index in [1.54, 1.807) is 46.9 Å². The molecular formula is C82H86Cl2N12O12S4. The molecule has 112 heavy (non-hydrogen) atoms. The smallest absolute Gasteiger partial charge is 0.336 e. The van der Waals surface area contributed by atoms with Crippen LogP contribution in [-0.2, 0) is 28.6 Å². The van der Waals surface area contributed by atoms with Gasteiger partial charge in [0, 0.05) is 133 Å². The second-order valence-corrected chi connectivity index (χ2v) is 33.1. The highest BCUT2D eigenvalue weighted by molar-refractivity contribution is 8.00. The molecule has 6 N–H and O–H groups in total. The molecule has 24 nitrogen and oxygen atoms in total. The van der Waals surface area contributed by atoms with Gasteiger partial charge in [-0.05, 0) is 170 Å². The summed E-state index contributed by atoms with van der Waals surface area (Å²) in [6, 6.07) is 28.0. The van der Waals surface area contributed by atoms with E-state index in [-0.39, 0.29) is 82.3 Å². The maximum Gasteiger partial charge on any atom is 0.336 e. The number of carbonyl (C=O) groups excluding carboxylic acids is 4. The third-order valence-corrected chi connectivity index (χ3v) is 25.0. The summed E-state index contributed by atoms with van der Waals surface area (Å²) in [5, 5.41) is 54.5. The van der Waals surface area contributed by atoms with Crippen molar-refractivity contribution in [2.24, 2.45) is 9.98 Å². The lowest BCUT2D eigenvalue weighted by Crippen LogP contribution is -2.36. The maximum atomic E-state index is 13.6. The Labute approximate surface area is 674 Å². The highest BCUT2D eigenvalue weighted by Gasteiger charge is 2.43. The minimum Gasteiger partial charge on any atom is -0.508 e. The number of thioether (sulfide) groups is 1. The van der Waals surface area contributed by atoms with Gasteiger partial charge in [0.1, 0.15) is 62.4 Å². The lowest BCUT2D eigenvalue weighted by atomic mass is 9.90. The molecule has 4 aromatic heterocycles. The summed E-state index contributed by atoms with van der Waals surface area (Å²) in [4.78, 5) is 88.3. The van der Waals surface area contributed by atoms with Gasteiger partial charge in [0.05, 0.1) is 62.0 Å². The van der Waals surface area contributed by atoms with Crippen LogP contribution in [-0.4, -0.2) is 155 Å². The quantitative estimate of drug-likeness (QED) is 0.00987. The average molecular weight is 1630 g/mol. The van der Waals surface area contributed by atoms with Gasteiger partial charge >= 0.3 is 12.0 Å². The van der Waals surface area contributed by atoms with Crippen molar-refractivity contribution in [2.45, 2.75) is 148 Å². The van der Waals surface area contributed by atoms with Crippen molar-refractivity contribution in [1.82, 2.24) is 45.5 Å². The summed E-state index contributed by atoms with van der Waals surface area (Å²) in [5.41, 5.74) is 9.37. The van der Waals surface area contributed by atoms with Crippen molar-refractivity contribution in [2.75, 3.05) is 57.3 Å². The van der Waals surface area contributed by atoms with E-state index in [0.717, 1.165) is 116 Å². The van der Waals surface area contributed by atoms with E-state index in [4.69, 9.17) is 64.0 Å². The number of unbranched alkanes of at least 4 members (excludes halogenated alkanes) is 3. The number of aromatic hydroxyl groups is 1. The largest absolute Gasteiger partial charge is 0.508 e. The predicted octanol–water partition coefficient (Wildman–Crippen LogP) is 15.5. The van der Waals surface area contributed by atoms with E-state index in [2.05, 4.69) is 73.9 Å². The van der Waals surface area contributed by atoms with Crippen LogP contribution in [0.4, 0.5) is 10.5 Å². The molecule has 0 radical (unpaired) electrons. The number of aliphatic imine (C=N–C) groups is 2. The number of nitrogens with one attached hydrogen (secondary N) is 4. The fourth-order valence-corrected chi connectivity index (χ4v) is 18.8. The van der Waals surface area contributed by atoms with Gasteiger partial charge in [-0.25, -0.2) is 9.59 Å². The maximum absolute atomic E-state index is 13.6. The molecule has 4 aromatic carbocycles. The Hall–Kier alpha value is -9.36. The number of Topliss-reactive ketones (excluding diaryl/α,β-unsaturated/α-hetero) is 3. The number of aromatic nitrogens is 6. The Kier molecular flexibility index (Phi) is 26.4. The van der Waals surface area contributed by atoms with Crippen LogP contribution in [0.25, 0.3) is 43.4 Å². The Morgan fingerprint density at radius 1 is 0.616 bits per heavy atom. The number of fused-ring (bicyclic) bond motifs is 9. The van der Waals surface area contributed by atoms with Gasteiger partial charge in [-0.2, -0.15) is 11.8 Å². The van der Waals surface area contributed by atoms with Crippen molar-refractivity contribution in [3.63, 3.8) is 0 Å². The second kappa shape index (κ2) is 36.6. The first-order valence-electron chi connectivity index (χ1n) is 37.4. The number of amides is 2. The molecule has 2 amide bonds. The molecule has 1 aliphatic carbocycles. The minimum absolute atomic E-state index is 0.00650. The predicted molar refractivity (Wildman–Crippen MR) is 442 cm³/mol. The molecule has 9 heterocycles. The number of nitrogens with zero attached hydrogens (tertiary/aromatic N) is 8. The third-order valence-electron chi connectivity index (χ3n) is 20.3. The molecule has 0 saturated carbocycles. The van der Waals surface area contributed by atoms with Gasteiger partial charge in [0.2, 0.25) is 0 Å². The second-order valence-electron chi connectivity index (χ2n) is 28.1. The molecule has 5 aliphatic heterocycles. The van der Waals surface area contributed by atoms with Crippen LogP contribution in [0, 0.1) is 41.5 Å². The van der Waals surface area contributed by atoms with E-state index in [0.29, 0.717) is 125 Å². The monoisotopic (exact) mass is 1630 g/mol. The lowest BCUT2D eigenvalue weighted by Gasteiger charge is -2.18. The third kappa shape index (κ3) is 18.8. The number of phenolic OH excluding ortho intramolecular Hbond substituents is 1. The molecule has 6 aliphatic rings. The number of hydrogen-bond donors (Lipinski definition) is 6. The lowest BCUT2D eigenvalue weighted by molar-refractivity contribution is -0.120. The summed E-state index contributed by atoms with van der Waals surface area (Å²) in [6.45, 7) is 15.2. The summed E-state index contributed by atoms with van der Waals surface area (Å²) in [6.07, 6.45) is 8.15. The number of phenols is 1. The Balaban J connectivity index is 0.000000196. The Bertz CT molecular complexity index is 5280. The molecule has 14 rings (SSSR count). The van der Waals surface area contributed by atoms with Crippen LogP contribution in [0.3, 0.4) is 0 Å². The van der Waals surface area contributed by atoms with E-state index in [9.17, 15) is 39.0 Å². The van der Waals surface area contributed by atoms with Crippen molar-refractivity contribution >= 4 is 132 Å². The average Bonchev–Trinajstić information content (AvgIpc) is 1.26. The summed E-state index contributed by atoms with van der Waals surface area (Å²) < 4.78 is 27.0. The number of anilines is 1. The zero-order valence-electron chi connectivity index (χ0n) is 62.8. The number of rotatable bonds is 32. The SMILES string of the molecule is Cc1sc2c(c1C)C(c1ccc(Cl)cc1)=N[C@@H](CC(=O)CCCCOCCOCCOCCCCC(=O)CCCC[C@H]1SC[C@H]3NC(=O)N[C@H]31)c1nnc(C)n1-2.Cc1sc2c(c1C)C(c1ccc(Cl)cc1)=N[C@H](CC(=O)CNC(=S)Nc1ccc(-c3c4ccc(=O)cc-4oc4cc(O)ccc34)c(C(=O)O)c1)c1nnc(C)n1-2. The van der Waals surface area contributed by atoms with Gasteiger partial charge in [-0.1, -0.05) is 60.0 Å². The van der Waals surface area contributed by atoms with Crippen LogP contribution >= 0.6 is 69.9 Å². The van der Waals surface area contributed by atoms with Crippen LogP contribution < -0.4 is 26.7 Å². The number of aromatic carboxylic acids is 1. The highest BCUT2D eigenvalue weighted by atomic mass is 35.5. The van der Waals surface area contributed by atoms with E-state index < -0.39 is 18.1 Å². The molecule has 584 valence electrons. The molecule has 2 saturated heterocycles. The van der Waals surface area contributed by atoms with Gasteiger partial charge < -0.3 is 50.1 Å². The molecular weight excluding hydrogens is 1540 g/mol. The normalized spacial score (nSPS) is 16.7. The highest BCUT2D eigenvalue weighted by Crippen LogP contribution is 2.45. The molecule has 30 heteroatoms. The number of ketones is 3. The zero-order chi connectivity index (χ0) is 78.9. The number of urea groups is 1. The van der Waals surface area contributed by atoms with Crippen LogP contribution in [0.15, 0.2) is 122 Å². The molecule has 2 fully saturated rings. The molecule has 0 unspecified atom stereocenters. The number of carboxylic acid groups (broad SMARTS) is 1.